The number of fused-ring (bicyclic) bond motifs is 2. The molecule has 0 fully saturated rings. The highest BCUT2D eigenvalue weighted by Crippen LogP contribution is 2.40. The zero-order valence-electron chi connectivity index (χ0n) is 17.8. The molecule has 1 aliphatic rings. The van der Waals surface area contributed by atoms with Crippen LogP contribution in [0.15, 0.2) is 48.5 Å². The van der Waals surface area contributed by atoms with Crippen LogP contribution in [-0.4, -0.2) is 46.5 Å². The summed E-state index contributed by atoms with van der Waals surface area (Å²) in [7, 11) is 0. The number of anilines is 2. The number of imidazole rings is 1. The van der Waals surface area contributed by atoms with E-state index in [1.54, 1.807) is 34.7 Å². The zero-order chi connectivity index (χ0) is 23.2. The van der Waals surface area contributed by atoms with Crippen molar-refractivity contribution in [2.45, 2.75) is 19.3 Å². The van der Waals surface area contributed by atoms with Gasteiger partial charge in [0.2, 0.25) is 5.91 Å². The third-order valence-electron chi connectivity index (χ3n) is 5.73. The van der Waals surface area contributed by atoms with Crippen molar-refractivity contribution in [2.24, 2.45) is 0 Å². The highest BCUT2D eigenvalue weighted by atomic mass is 32.1. The topological polar surface area (TPSA) is 143 Å². The predicted octanol–water partition coefficient (Wildman–Crippen LogP) is 3.03. The minimum atomic E-state index is -0.236. The number of nitrogens with one attached hydrogen (secondary N) is 3. The fourth-order valence-electron chi connectivity index (χ4n) is 4.22. The summed E-state index contributed by atoms with van der Waals surface area (Å²) in [5, 5.41) is 12.8. The van der Waals surface area contributed by atoms with Crippen molar-refractivity contribution in [3.8, 4) is 5.82 Å². The van der Waals surface area contributed by atoms with Gasteiger partial charge in [-0.3, -0.25) is 14.9 Å². The van der Waals surface area contributed by atoms with Gasteiger partial charge >= 0.3 is 0 Å². The van der Waals surface area contributed by atoms with E-state index >= 15 is 0 Å². The van der Waals surface area contributed by atoms with E-state index in [0.29, 0.717) is 33.5 Å². The third kappa shape index (κ3) is 3.31. The Kier molecular flexibility index (Phi) is 4.66. The summed E-state index contributed by atoms with van der Waals surface area (Å²) in [4.78, 5) is 45.0. The lowest BCUT2D eigenvalue weighted by molar-refractivity contribution is -0.116. The average Bonchev–Trinajstić information content (AvgIpc) is 3.59. The first kappa shape index (κ1) is 20.2. The summed E-state index contributed by atoms with van der Waals surface area (Å²) in [6.07, 6.45) is 4.86. The number of amides is 2. The van der Waals surface area contributed by atoms with Crippen molar-refractivity contribution in [1.29, 1.82) is 0 Å². The molecule has 5 heterocycles. The van der Waals surface area contributed by atoms with E-state index in [1.807, 2.05) is 19.1 Å². The van der Waals surface area contributed by atoms with Crippen molar-refractivity contribution < 1.29 is 9.59 Å². The van der Waals surface area contributed by atoms with Crippen LogP contribution in [0, 0.1) is 6.92 Å². The van der Waals surface area contributed by atoms with Crippen molar-refractivity contribution >= 4 is 45.3 Å². The first-order valence-corrected chi connectivity index (χ1v) is 11.3. The maximum atomic E-state index is 12.7. The minimum absolute atomic E-state index is 0.126. The van der Waals surface area contributed by atoms with Crippen LogP contribution in [0.4, 0.5) is 10.9 Å². The molecule has 3 N–H and O–H groups in total. The van der Waals surface area contributed by atoms with Gasteiger partial charge in [0.1, 0.15) is 17.7 Å². The largest absolute Gasteiger partial charge is 0.340 e. The molecule has 0 radical (unpaired) electrons. The number of aromatic nitrogens is 7. The molecule has 6 rings (SSSR count). The summed E-state index contributed by atoms with van der Waals surface area (Å²) < 4.78 is 1.62. The predicted molar refractivity (Wildman–Crippen MR) is 125 cm³/mol. The lowest BCUT2D eigenvalue weighted by Crippen LogP contribution is -2.25. The van der Waals surface area contributed by atoms with E-state index in [2.05, 4.69) is 40.7 Å². The Morgan fingerprint density at radius 1 is 1.18 bits per heavy atom. The van der Waals surface area contributed by atoms with Gasteiger partial charge in [0, 0.05) is 35.0 Å². The Balaban J connectivity index is 1.37. The number of aromatic amines is 1. The van der Waals surface area contributed by atoms with Gasteiger partial charge in [0.05, 0.1) is 12.0 Å². The molecule has 0 saturated heterocycles. The second kappa shape index (κ2) is 7.85. The fraction of sp³-hybridized carbons (Fsp3) is 0.136. The lowest BCUT2D eigenvalue weighted by atomic mass is 9.85. The molecular formula is C22H17N9O2S. The summed E-state index contributed by atoms with van der Waals surface area (Å²) in [5.41, 5.74) is 4.24. The van der Waals surface area contributed by atoms with Crippen LogP contribution < -0.4 is 10.6 Å². The first-order valence-electron chi connectivity index (χ1n) is 10.4. The van der Waals surface area contributed by atoms with Crippen molar-refractivity contribution in [2.75, 3.05) is 10.6 Å². The zero-order valence-corrected chi connectivity index (χ0v) is 18.6. The molecule has 0 bridgehead atoms. The van der Waals surface area contributed by atoms with Gasteiger partial charge in [0.15, 0.2) is 16.6 Å². The molecular weight excluding hydrogens is 454 g/mol. The maximum Gasteiger partial charge on any atom is 0.257 e. The van der Waals surface area contributed by atoms with Crippen molar-refractivity contribution in [3.05, 3.63) is 70.9 Å². The molecule has 1 aromatic carbocycles. The van der Waals surface area contributed by atoms with E-state index < -0.39 is 0 Å². The molecule has 12 heteroatoms. The third-order valence-corrected chi connectivity index (χ3v) is 6.42. The number of aryl methyl sites for hydroxylation is 1. The molecule has 1 atom stereocenters. The normalized spacial score (nSPS) is 15.2. The van der Waals surface area contributed by atoms with E-state index in [9.17, 15) is 9.59 Å². The highest BCUT2D eigenvalue weighted by Gasteiger charge is 2.33. The van der Waals surface area contributed by atoms with Gasteiger partial charge in [-0.15, -0.1) is 11.3 Å². The van der Waals surface area contributed by atoms with Crippen molar-refractivity contribution in [3.63, 3.8) is 0 Å². The Labute approximate surface area is 196 Å². The van der Waals surface area contributed by atoms with Gasteiger partial charge in [-0.05, 0) is 24.6 Å². The van der Waals surface area contributed by atoms with Crippen LogP contribution in [0.1, 0.15) is 39.5 Å². The Morgan fingerprint density at radius 2 is 2.03 bits per heavy atom. The molecule has 0 saturated carbocycles. The Bertz CT molecular complexity index is 1540. The van der Waals surface area contributed by atoms with Crippen LogP contribution in [0.2, 0.25) is 0 Å². The van der Waals surface area contributed by atoms with E-state index in [-0.39, 0.29) is 24.2 Å². The van der Waals surface area contributed by atoms with Gasteiger partial charge < -0.3 is 10.3 Å². The number of hydrogen-bond acceptors (Lipinski definition) is 8. The molecule has 168 valence electrons. The van der Waals surface area contributed by atoms with Gasteiger partial charge in [-0.2, -0.15) is 9.78 Å². The van der Waals surface area contributed by atoms with Crippen LogP contribution in [0.3, 0.4) is 0 Å². The van der Waals surface area contributed by atoms with Crippen LogP contribution in [-0.2, 0) is 4.79 Å². The number of nitrogens with zero attached hydrogens (tertiary/aromatic N) is 6. The quantitative estimate of drug-likeness (QED) is 0.365. The van der Waals surface area contributed by atoms with E-state index in [4.69, 9.17) is 0 Å². The van der Waals surface area contributed by atoms with E-state index in [1.165, 1.54) is 17.7 Å². The molecule has 4 aromatic heterocycles. The second-order valence-corrected chi connectivity index (χ2v) is 8.67. The Hall–Kier alpha value is -4.45. The number of rotatable bonds is 4. The van der Waals surface area contributed by atoms with E-state index in [0.717, 1.165) is 16.8 Å². The van der Waals surface area contributed by atoms with Crippen molar-refractivity contribution in [1.82, 2.24) is 34.7 Å². The minimum Gasteiger partial charge on any atom is -0.340 e. The SMILES string of the molecule is Cc1nn(-c2ncnc3nc[nH]c23)c2c1C(c1ccc(C(=O)Nc3nccs3)cc1)CC(=O)N2. The molecule has 34 heavy (non-hydrogen) atoms. The number of thiazole rings is 1. The summed E-state index contributed by atoms with van der Waals surface area (Å²) in [6, 6.07) is 7.25. The summed E-state index contributed by atoms with van der Waals surface area (Å²) in [6.45, 7) is 1.90. The molecule has 0 spiro atoms. The molecule has 0 aliphatic carbocycles. The number of H-pyrrole nitrogens is 1. The lowest BCUT2D eigenvalue weighted by Gasteiger charge is -2.24. The number of carbonyl (C=O) groups is 2. The maximum absolute atomic E-state index is 12.7. The Morgan fingerprint density at radius 3 is 2.82 bits per heavy atom. The summed E-state index contributed by atoms with van der Waals surface area (Å²) >= 11 is 1.36. The molecule has 1 aliphatic heterocycles. The van der Waals surface area contributed by atoms with Gasteiger partial charge in [-0.1, -0.05) is 12.1 Å². The smallest absolute Gasteiger partial charge is 0.257 e. The molecule has 11 nitrogen and oxygen atoms in total. The summed E-state index contributed by atoms with van der Waals surface area (Å²) in [5.74, 6) is 0.493. The number of carbonyl (C=O) groups excluding carboxylic acids is 2. The second-order valence-electron chi connectivity index (χ2n) is 7.78. The molecule has 1 unspecified atom stereocenters. The van der Waals surface area contributed by atoms with Crippen LogP contribution in [0.25, 0.3) is 17.0 Å². The first-order chi connectivity index (χ1) is 16.6. The number of benzene rings is 1. The number of hydrogen-bond donors (Lipinski definition) is 3. The average molecular weight is 472 g/mol. The standard InChI is InChI=1S/C22H17N9O2S/c1-11-16-14(12-2-4-13(5-3-12)21(33)29-22-23-6-7-34-22)8-15(32)28-19(16)31(30-11)20-17-18(25-9-24-17)26-10-27-20/h2-7,9-10,14H,8H2,1H3,(H,28,32)(H,23,29,33)(H,24,25,26,27). The molecule has 2 amide bonds. The van der Waals surface area contributed by atoms with Crippen LogP contribution in [0.5, 0.6) is 0 Å². The molecule has 5 aromatic rings. The fourth-order valence-corrected chi connectivity index (χ4v) is 4.74. The van der Waals surface area contributed by atoms with Gasteiger partial charge in [0.25, 0.3) is 5.91 Å². The van der Waals surface area contributed by atoms with Gasteiger partial charge in [-0.25, -0.2) is 19.9 Å². The monoisotopic (exact) mass is 471 g/mol. The highest BCUT2D eigenvalue weighted by molar-refractivity contribution is 7.13. The van der Waals surface area contributed by atoms with Crippen LogP contribution >= 0.6 is 11.3 Å².